The summed E-state index contributed by atoms with van der Waals surface area (Å²) in [5.41, 5.74) is 0. The molecule has 0 aromatic carbocycles. The summed E-state index contributed by atoms with van der Waals surface area (Å²) < 4.78 is 54.4. The van der Waals surface area contributed by atoms with Crippen molar-refractivity contribution in [2.24, 2.45) is 0 Å². The van der Waals surface area contributed by atoms with Gasteiger partial charge >= 0.3 is 55.7 Å². The zero-order chi connectivity index (χ0) is 7.71. The van der Waals surface area contributed by atoms with E-state index < -0.39 is 29.8 Å². The van der Waals surface area contributed by atoms with E-state index >= 15 is 0 Å². The molecule has 0 amide bonds. The molecule has 0 aromatic heterocycles. The van der Waals surface area contributed by atoms with E-state index in [2.05, 4.69) is 0 Å². The van der Waals surface area contributed by atoms with Crippen molar-refractivity contribution in [1.29, 1.82) is 0 Å². The van der Waals surface area contributed by atoms with E-state index in [0.29, 0.717) is 0 Å². The molecule has 1 radical (unpaired) electrons. The molecule has 6 nitrogen and oxygen atoms in total. The average molecular weight is 445 g/mol. The van der Waals surface area contributed by atoms with Gasteiger partial charge in [0.15, 0.2) is 0 Å². The molecule has 0 aliphatic carbocycles. The first kappa shape index (κ1) is 13.8. The van der Waals surface area contributed by atoms with Gasteiger partial charge in [-0.25, -0.2) is 0 Å². The molecule has 0 aliphatic heterocycles. The minimum absolute atomic E-state index is 0. The summed E-state index contributed by atoms with van der Waals surface area (Å²) in [7, 11) is -9.11. The van der Waals surface area contributed by atoms with Crippen LogP contribution in [0.4, 0.5) is 0 Å². The maximum Gasteiger partial charge on any atom is 0 e. The van der Waals surface area contributed by atoms with Crippen molar-refractivity contribution in [1.82, 2.24) is 0 Å². The SMILES string of the molecule is O=S(=O)(O)[Se]S(=O)(=O)O.[Tl]. The van der Waals surface area contributed by atoms with Crippen molar-refractivity contribution in [3.8, 4) is 0 Å². The largest absolute Gasteiger partial charge is 0 e. The van der Waals surface area contributed by atoms with Gasteiger partial charge in [-0.2, -0.15) is 0 Å². The molecule has 0 aromatic rings. The second-order valence-corrected chi connectivity index (χ2v) is 11.1. The van der Waals surface area contributed by atoms with Crippen LogP contribution in [-0.2, 0) is 17.1 Å². The molecule has 0 saturated carbocycles. The van der Waals surface area contributed by atoms with Crippen LogP contribution in [0.15, 0.2) is 0 Å². The van der Waals surface area contributed by atoms with Crippen LogP contribution in [-0.4, -0.2) is 66.0 Å². The average Bonchev–Trinajstić information content (AvgIpc) is 1.14. The predicted octanol–water partition coefficient (Wildman–Crippen LogP) is -2.08. The fourth-order valence-corrected chi connectivity index (χ4v) is 5.08. The Morgan fingerprint density at radius 3 is 1.10 bits per heavy atom. The number of rotatable bonds is 2. The third-order valence-electron chi connectivity index (χ3n) is 0.172. The van der Waals surface area contributed by atoms with Crippen LogP contribution < -0.4 is 0 Å². The normalized spacial score (nSPS) is 12.2. The van der Waals surface area contributed by atoms with Crippen LogP contribution in [0.3, 0.4) is 0 Å². The van der Waals surface area contributed by atoms with Crippen LogP contribution in [0.5, 0.6) is 0 Å². The molecule has 0 rings (SSSR count). The Morgan fingerprint density at radius 1 is 0.900 bits per heavy atom. The molecule has 0 unspecified atom stereocenters. The van der Waals surface area contributed by atoms with Crippen molar-refractivity contribution in [2.45, 2.75) is 0 Å². The van der Waals surface area contributed by atoms with Crippen molar-refractivity contribution in [3.05, 3.63) is 0 Å². The molecular weight excluding hydrogens is 443 g/mol. The summed E-state index contributed by atoms with van der Waals surface area (Å²) >= 11 is -2.19. The van der Waals surface area contributed by atoms with Crippen molar-refractivity contribution in [3.63, 3.8) is 0 Å². The van der Waals surface area contributed by atoms with E-state index in [1.54, 1.807) is 0 Å². The molecule has 0 spiro atoms. The molecule has 10 heteroatoms. The van der Waals surface area contributed by atoms with Gasteiger partial charge in [-0.3, -0.25) is 0 Å². The first-order chi connectivity index (χ1) is 3.71. The van der Waals surface area contributed by atoms with Crippen LogP contribution in [0.25, 0.3) is 0 Å². The van der Waals surface area contributed by atoms with Crippen LogP contribution in [0.2, 0.25) is 0 Å². The summed E-state index contributed by atoms with van der Waals surface area (Å²) in [5.74, 6) is 0. The van der Waals surface area contributed by atoms with Gasteiger partial charge in [0.2, 0.25) is 0 Å². The number of hydrogen-bond acceptors (Lipinski definition) is 4. The van der Waals surface area contributed by atoms with Crippen molar-refractivity contribution >= 4 is 57.1 Å². The van der Waals surface area contributed by atoms with E-state index in [1.165, 1.54) is 0 Å². The molecular formula is H2O6S2SeTl. The summed E-state index contributed by atoms with van der Waals surface area (Å²) in [5, 5.41) is 0. The molecule has 59 valence electrons. The summed E-state index contributed by atoms with van der Waals surface area (Å²) in [6.07, 6.45) is 0. The van der Waals surface area contributed by atoms with Crippen LogP contribution in [0, 0.1) is 0 Å². The standard InChI is InChI=1S/H2O6S2Se.Tl/c1-7(2,3)9-8(4,5)6;/h(H,1,2,3)(H,4,5,6);. The number of hydrogen-bond donors (Lipinski definition) is 2. The summed E-state index contributed by atoms with van der Waals surface area (Å²) in [4.78, 5) is 0. The summed E-state index contributed by atoms with van der Waals surface area (Å²) in [6, 6.07) is 0. The van der Waals surface area contributed by atoms with Gasteiger partial charge in [0.25, 0.3) is 0 Å². The minimum Gasteiger partial charge on any atom is 0 e. The Kier molecular flexibility index (Phi) is 5.98. The topological polar surface area (TPSA) is 109 Å². The van der Waals surface area contributed by atoms with Gasteiger partial charge in [0, 0.05) is 27.3 Å². The Balaban J connectivity index is 0. The quantitative estimate of drug-likeness (QED) is 0.373. The molecule has 0 atom stereocenters. The van der Waals surface area contributed by atoms with Gasteiger partial charge in [0.1, 0.15) is 0 Å². The predicted molar refractivity (Wildman–Crippen MR) is 34.6 cm³/mol. The maximum absolute atomic E-state index is 9.69. The molecule has 0 aliphatic rings. The minimum atomic E-state index is -4.56. The third-order valence-corrected chi connectivity index (χ3v) is 8.04. The van der Waals surface area contributed by atoms with E-state index in [9.17, 15) is 16.8 Å². The fourth-order valence-electron chi connectivity index (χ4n) is 0.109. The third kappa shape index (κ3) is 12.0. The Hall–Kier alpha value is 1.26. The van der Waals surface area contributed by atoms with Crippen LogP contribution >= 0.6 is 0 Å². The molecule has 10 heavy (non-hydrogen) atoms. The van der Waals surface area contributed by atoms with E-state index in [4.69, 9.17) is 9.11 Å². The van der Waals surface area contributed by atoms with Crippen molar-refractivity contribution < 1.29 is 25.9 Å². The van der Waals surface area contributed by atoms with Crippen molar-refractivity contribution in [2.75, 3.05) is 0 Å². The monoisotopic (exact) mass is 447 g/mol. The second kappa shape index (κ2) is 4.33. The van der Waals surface area contributed by atoms with Gasteiger partial charge < -0.3 is 0 Å². The fraction of sp³-hybridized carbons (Fsp3) is 0. The van der Waals surface area contributed by atoms with Gasteiger partial charge in [-0.05, 0) is 0 Å². The smallest absolute Gasteiger partial charge is 0 e. The first-order valence-corrected chi connectivity index (χ1v) is 8.29. The van der Waals surface area contributed by atoms with E-state index in [0.717, 1.165) is 0 Å². The van der Waals surface area contributed by atoms with Gasteiger partial charge in [-0.15, -0.1) is 0 Å². The zero-order valence-corrected chi connectivity index (χ0v) is 12.2. The second-order valence-electron chi connectivity index (χ2n) is 0.924. The molecule has 0 heterocycles. The molecule has 2 N–H and O–H groups in total. The van der Waals surface area contributed by atoms with Crippen LogP contribution in [0.1, 0.15) is 0 Å². The maximum atomic E-state index is 9.69. The van der Waals surface area contributed by atoms with E-state index in [-0.39, 0.29) is 27.3 Å². The zero-order valence-electron chi connectivity index (χ0n) is 4.33. The molecule has 0 bridgehead atoms. The Labute approximate surface area is 82.3 Å². The van der Waals surface area contributed by atoms with Gasteiger partial charge in [0.05, 0.1) is 0 Å². The Morgan fingerprint density at radius 2 is 1.10 bits per heavy atom. The molecule has 0 fully saturated rings. The van der Waals surface area contributed by atoms with E-state index in [1.807, 2.05) is 0 Å². The first-order valence-electron chi connectivity index (χ1n) is 1.37. The summed E-state index contributed by atoms with van der Waals surface area (Å²) in [6.45, 7) is 0. The Bertz CT molecular complexity index is 241. The molecule has 0 saturated heterocycles. The van der Waals surface area contributed by atoms with Gasteiger partial charge in [-0.1, -0.05) is 0 Å².